The van der Waals surface area contributed by atoms with Gasteiger partial charge < -0.3 is 10.4 Å². The van der Waals surface area contributed by atoms with Gasteiger partial charge in [-0.2, -0.15) is 0 Å². The number of nitrogens with one attached hydrogen (secondary N) is 1. The summed E-state index contributed by atoms with van der Waals surface area (Å²) in [6, 6.07) is 0. The lowest BCUT2D eigenvalue weighted by atomic mass is 9.33. The number of hydrogen-bond acceptors (Lipinski definition) is 2. The Labute approximate surface area is 206 Å². The number of carboxylic acid groups (broad SMARTS) is 1. The maximum Gasteiger partial charge on any atom is 0.309 e. The third-order valence-electron chi connectivity index (χ3n) is 13.0. The zero-order valence-corrected chi connectivity index (χ0v) is 22.4. The lowest BCUT2D eigenvalue weighted by Gasteiger charge is -2.71. The molecule has 9 atom stereocenters. The van der Waals surface area contributed by atoms with Gasteiger partial charge in [-0.25, -0.2) is 0 Å². The molecule has 190 valence electrons. The van der Waals surface area contributed by atoms with Crippen molar-refractivity contribution in [1.29, 1.82) is 0 Å². The zero-order chi connectivity index (χ0) is 24.9. The molecular weight excluding hydrogens is 422 g/mol. The van der Waals surface area contributed by atoms with Crippen molar-refractivity contribution in [3.05, 3.63) is 12.2 Å². The van der Waals surface area contributed by atoms with E-state index in [1.807, 2.05) is 0 Å². The van der Waals surface area contributed by atoms with Gasteiger partial charge in [-0.3, -0.25) is 9.59 Å². The number of aliphatic carboxylic acids is 1. The fourth-order valence-electron chi connectivity index (χ4n) is 11.3. The largest absolute Gasteiger partial charge is 0.481 e. The molecule has 4 nitrogen and oxygen atoms in total. The van der Waals surface area contributed by atoms with Gasteiger partial charge in [-0.15, -0.1) is 0 Å². The van der Waals surface area contributed by atoms with Crippen LogP contribution in [0.4, 0.5) is 0 Å². The first-order valence-electron chi connectivity index (χ1n) is 13.9. The van der Waals surface area contributed by atoms with E-state index in [0.717, 1.165) is 44.9 Å². The normalized spacial score (nSPS) is 51.7. The molecule has 0 aromatic heterocycles. The Bertz CT molecular complexity index is 924. The molecule has 4 heteroatoms. The van der Waals surface area contributed by atoms with Gasteiger partial charge in [-0.1, -0.05) is 32.9 Å². The van der Waals surface area contributed by atoms with Crippen LogP contribution in [0.3, 0.4) is 0 Å². The highest BCUT2D eigenvalue weighted by molar-refractivity contribution is 5.77. The van der Waals surface area contributed by atoms with Crippen LogP contribution in [0.2, 0.25) is 0 Å². The molecule has 1 aliphatic heterocycles. The van der Waals surface area contributed by atoms with E-state index in [0.29, 0.717) is 30.1 Å². The van der Waals surface area contributed by atoms with E-state index in [9.17, 15) is 14.7 Å². The van der Waals surface area contributed by atoms with Gasteiger partial charge in [0.2, 0.25) is 5.91 Å². The first-order chi connectivity index (χ1) is 15.7. The second kappa shape index (κ2) is 7.35. The number of rotatable bonds is 2. The Balaban J connectivity index is 1.58. The zero-order valence-electron chi connectivity index (χ0n) is 22.4. The van der Waals surface area contributed by atoms with E-state index in [4.69, 9.17) is 0 Å². The van der Waals surface area contributed by atoms with Crippen molar-refractivity contribution in [2.24, 2.45) is 51.2 Å². The van der Waals surface area contributed by atoms with Crippen LogP contribution >= 0.6 is 0 Å². The van der Waals surface area contributed by atoms with Crippen LogP contribution < -0.4 is 5.32 Å². The highest BCUT2D eigenvalue weighted by atomic mass is 16.4. The summed E-state index contributed by atoms with van der Waals surface area (Å²) in [5.41, 5.74) is 0.906. The molecule has 2 N–H and O–H groups in total. The molecule has 0 radical (unpaired) electrons. The van der Waals surface area contributed by atoms with Crippen molar-refractivity contribution in [2.75, 3.05) is 0 Å². The molecule has 1 saturated heterocycles. The standard InChI is InChI=1S/C30H47NO3/c1-18(2)19-10-15-30(25(33)34)17-16-28(6)20(24(19)30)8-9-22-27(5)13-12-23(32)31-26(3,4)21(27)11-14-29(22,28)7/h19-22,24H,1,8-17H2,2-7H3,(H,31,32)(H,33,34)/t19-,20+,21-,22+,24+,27-,28+,29+,30-/m0/s1. The lowest BCUT2D eigenvalue weighted by Crippen LogP contribution is -2.66. The third-order valence-corrected chi connectivity index (χ3v) is 13.0. The van der Waals surface area contributed by atoms with Crippen LogP contribution in [-0.2, 0) is 9.59 Å². The minimum atomic E-state index is -0.557. The molecule has 0 spiro atoms. The number of fused-ring (bicyclic) bond motifs is 7. The summed E-state index contributed by atoms with van der Waals surface area (Å²) in [6.07, 6.45) is 9.89. The van der Waals surface area contributed by atoms with Gasteiger partial charge in [-0.05, 0) is 124 Å². The summed E-state index contributed by atoms with van der Waals surface area (Å²) < 4.78 is 0. The first-order valence-corrected chi connectivity index (χ1v) is 13.9. The summed E-state index contributed by atoms with van der Waals surface area (Å²) in [5.74, 6) is 1.73. The first kappa shape index (κ1) is 24.4. The second-order valence-corrected chi connectivity index (χ2v) is 14.4. The van der Waals surface area contributed by atoms with Crippen molar-refractivity contribution in [1.82, 2.24) is 5.32 Å². The molecule has 4 saturated carbocycles. The monoisotopic (exact) mass is 469 g/mol. The van der Waals surface area contributed by atoms with Crippen molar-refractivity contribution >= 4 is 11.9 Å². The van der Waals surface area contributed by atoms with Crippen LogP contribution in [0.1, 0.15) is 106 Å². The Hall–Kier alpha value is -1.32. The molecule has 0 bridgehead atoms. The van der Waals surface area contributed by atoms with E-state index in [1.165, 1.54) is 18.4 Å². The summed E-state index contributed by atoms with van der Waals surface area (Å²) in [5, 5.41) is 13.9. The molecule has 5 fully saturated rings. The number of carbonyl (C=O) groups is 2. The smallest absolute Gasteiger partial charge is 0.309 e. The van der Waals surface area contributed by atoms with Crippen LogP contribution in [0.5, 0.6) is 0 Å². The van der Waals surface area contributed by atoms with Gasteiger partial charge in [0.25, 0.3) is 0 Å². The molecular formula is C30H47NO3. The number of allylic oxidation sites excluding steroid dienone is 1. The van der Waals surface area contributed by atoms with Crippen molar-refractivity contribution in [2.45, 2.75) is 111 Å². The number of carbonyl (C=O) groups excluding carboxylic acids is 1. The molecule has 1 amide bonds. The van der Waals surface area contributed by atoms with Gasteiger partial charge in [0, 0.05) is 12.0 Å². The molecule has 34 heavy (non-hydrogen) atoms. The Morgan fingerprint density at radius 1 is 0.912 bits per heavy atom. The van der Waals surface area contributed by atoms with E-state index < -0.39 is 11.4 Å². The topological polar surface area (TPSA) is 66.4 Å². The number of carboxylic acids is 1. The van der Waals surface area contributed by atoms with Crippen LogP contribution in [-0.4, -0.2) is 22.5 Å². The SMILES string of the molecule is C=C(C)[C@@H]1CC[C@]2(C(=O)O)CC[C@]3(C)[C@H](CC[C@@H]4[C@@]5(C)CCC(=O)NC(C)(C)[C@@H]5CC[C@]43C)[C@@H]12. The van der Waals surface area contributed by atoms with Gasteiger partial charge in [0.1, 0.15) is 0 Å². The van der Waals surface area contributed by atoms with Crippen molar-refractivity contribution < 1.29 is 14.7 Å². The quantitative estimate of drug-likeness (QED) is 0.448. The summed E-state index contributed by atoms with van der Waals surface area (Å²) in [6.45, 7) is 18.6. The third kappa shape index (κ3) is 2.89. The lowest BCUT2D eigenvalue weighted by molar-refractivity contribution is -0.226. The molecule has 0 aromatic carbocycles. The van der Waals surface area contributed by atoms with E-state index in [-0.39, 0.29) is 33.6 Å². The number of amides is 1. The fourth-order valence-corrected chi connectivity index (χ4v) is 11.3. The van der Waals surface area contributed by atoms with Crippen LogP contribution in [0.15, 0.2) is 12.2 Å². The summed E-state index contributed by atoms with van der Waals surface area (Å²) >= 11 is 0. The average Bonchev–Trinajstić information content (AvgIpc) is 3.10. The van der Waals surface area contributed by atoms with Gasteiger partial charge >= 0.3 is 5.97 Å². The van der Waals surface area contributed by atoms with Gasteiger partial charge in [0.15, 0.2) is 0 Å². The maximum absolute atomic E-state index is 12.8. The maximum atomic E-state index is 12.8. The van der Waals surface area contributed by atoms with Crippen LogP contribution in [0, 0.1) is 51.2 Å². The predicted octanol–water partition coefficient (Wildman–Crippen LogP) is 6.60. The molecule has 5 rings (SSSR count). The predicted molar refractivity (Wildman–Crippen MR) is 135 cm³/mol. The van der Waals surface area contributed by atoms with Crippen molar-refractivity contribution in [3.8, 4) is 0 Å². The number of hydrogen-bond donors (Lipinski definition) is 2. The highest BCUT2D eigenvalue weighted by Gasteiger charge is 2.71. The minimum absolute atomic E-state index is 0.133. The fraction of sp³-hybridized carbons (Fsp3) is 0.867. The van der Waals surface area contributed by atoms with Crippen molar-refractivity contribution in [3.63, 3.8) is 0 Å². The second-order valence-electron chi connectivity index (χ2n) is 14.4. The van der Waals surface area contributed by atoms with E-state index >= 15 is 0 Å². The van der Waals surface area contributed by atoms with Gasteiger partial charge in [0.05, 0.1) is 5.41 Å². The minimum Gasteiger partial charge on any atom is -0.481 e. The summed E-state index contributed by atoms with van der Waals surface area (Å²) in [7, 11) is 0. The molecule has 0 aromatic rings. The Morgan fingerprint density at radius 3 is 2.26 bits per heavy atom. The van der Waals surface area contributed by atoms with E-state index in [1.54, 1.807) is 0 Å². The molecule has 5 aliphatic rings. The molecule has 1 heterocycles. The van der Waals surface area contributed by atoms with Crippen LogP contribution in [0.25, 0.3) is 0 Å². The van der Waals surface area contributed by atoms with E-state index in [2.05, 4.69) is 53.4 Å². The summed E-state index contributed by atoms with van der Waals surface area (Å²) in [4.78, 5) is 25.4. The molecule has 4 aliphatic carbocycles. The Morgan fingerprint density at radius 2 is 1.62 bits per heavy atom. The highest BCUT2D eigenvalue weighted by Crippen LogP contribution is 2.76. The molecule has 0 unspecified atom stereocenters. The average molecular weight is 470 g/mol. The Kier molecular flexibility index (Phi) is 5.27.